The van der Waals surface area contributed by atoms with Crippen molar-refractivity contribution >= 4 is 27.6 Å². The Morgan fingerprint density at radius 3 is 2.48 bits per heavy atom. The van der Waals surface area contributed by atoms with Crippen molar-refractivity contribution in [3.8, 4) is 5.75 Å². The molecule has 1 aromatic heterocycles. The number of carbonyl (C=O) groups is 1. The Hall–Kier alpha value is -2.88. The van der Waals surface area contributed by atoms with Crippen LogP contribution in [0.25, 0.3) is 0 Å². The Labute approximate surface area is 194 Å². The summed E-state index contributed by atoms with van der Waals surface area (Å²) in [5.41, 5.74) is 2.06. The summed E-state index contributed by atoms with van der Waals surface area (Å²) in [5, 5.41) is 0. The highest BCUT2D eigenvalue weighted by molar-refractivity contribution is 7.90. The largest absolute Gasteiger partial charge is 0.490 e. The Morgan fingerprint density at radius 2 is 1.85 bits per heavy atom. The zero-order valence-electron chi connectivity index (χ0n) is 19.2. The van der Waals surface area contributed by atoms with Crippen LogP contribution in [-0.2, 0) is 21.0 Å². The third kappa shape index (κ3) is 5.38. The molecule has 0 saturated carbocycles. The van der Waals surface area contributed by atoms with Crippen molar-refractivity contribution in [3.63, 3.8) is 0 Å². The Morgan fingerprint density at radius 1 is 1.15 bits per heavy atom. The first-order chi connectivity index (χ1) is 15.7. The Bertz CT molecular complexity index is 1100. The molecule has 178 valence electrons. The molecule has 9 nitrogen and oxygen atoms in total. The zero-order chi connectivity index (χ0) is 23.6. The molecule has 2 aromatic rings. The van der Waals surface area contributed by atoms with Crippen LogP contribution in [0.2, 0.25) is 0 Å². The molecule has 33 heavy (non-hydrogen) atoms. The highest BCUT2D eigenvalue weighted by atomic mass is 32.2. The van der Waals surface area contributed by atoms with Crippen LogP contribution in [0.3, 0.4) is 0 Å². The molecule has 0 N–H and O–H groups in total. The first-order valence-electron chi connectivity index (χ1n) is 11.2. The number of rotatable bonds is 6. The van der Waals surface area contributed by atoms with E-state index in [-0.39, 0.29) is 17.1 Å². The zero-order valence-corrected chi connectivity index (χ0v) is 20.0. The maximum atomic E-state index is 12.2. The smallest absolute Gasteiger partial charge is 0.409 e. The molecular weight excluding hydrogens is 444 g/mol. The molecule has 0 atom stereocenters. The Kier molecular flexibility index (Phi) is 6.73. The number of benzene rings is 1. The minimum Gasteiger partial charge on any atom is -0.490 e. The average molecular weight is 475 g/mol. The molecular formula is C23H30N4O5S. The van der Waals surface area contributed by atoms with Crippen molar-refractivity contribution in [3.05, 3.63) is 36.2 Å². The number of aromatic nitrogens is 2. The number of hydrogen-bond donors (Lipinski definition) is 0. The van der Waals surface area contributed by atoms with Crippen LogP contribution in [0.4, 0.5) is 16.4 Å². The molecule has 0 aliphatic carbocycles. The van der Waals surface area contributed by atoms with Crippen LogP contribution >= 0.6 is 0 Å². The van der Waals surface area contributed by atoms with Gasteiger partial charge in [-0.1, -0.05) is 19.9 Å². The third-order valence-corrected chi connectivity index (χ3v) is 6.87. The number of ether oxygens (including phenoxy) is 2. The molecule has 1 fully saturated rings. The monoisotopic (exact) mass is 474 g/mol. The van der Waals surface area contributed by atoms with E-state index in [0.717, 1.165) is 42.5 Å². The van der Waals surface area contributed by atoms with Gasteiger partial charge in [-0.25, -0.2) is 23.2 Å². The lowest BCUT2D eigenvalue weighted by atomic mass is 10.1. The predicted molar refractivity (Wildman–Crippen MR) is 124 cm³/mol. The van der Waals surface area contributed by atoms with E-state index in [0.29, 0.717) is 38.1 Å². The molecule has 0 bridgehead atoms. The predicted octanol–water partition coefficient (Wildman–Crippen LogP) is 3.21. The number of piperidine rings is 1. The Balaban J connectivity index is 1.40. The van der Waals surface area contributed by atoms with E-state index < -0.39 is 9.84 Å². The van der Waals surface area contributed by atoms with Gasteiger partial charge in [-0.05, 0) is 24.5 Å². The van der Waals surface area contributed by atoms with Crippen LogP contribution in [-0.4, -0.2) is 68.0 Å². The van der Waals surface area contributed by atoms with Crippen molar-refractivity contribution in [2.75, 3.05) is 37.4 Å². The molecule has 1 amide bonds. The van der Waals surface area contributed by atoms with Crippen LogP contribution < -0.4 is 9.64 Å². The second-order valence-electron chi connectivity index (χ2n) is 8.92. The number of nitrogens with zero attached hydrogens (tertiary/aromatic N) is 4. The molecule has 1 saturated heterocycles. The van der Waals surface area contributed by atoms with Crippen LogP contribution in [0.1, 0.15) is 32.3 Å². The maximum Gasteiger partial charge on any atom is 0.409 e. The fourth-order valence-electron chi connectivity index (χ4n) is 4.03. The highest BCUT2D eigenvalue weighted by Gasteiger charge is 2.29. The molecule has 4 rings (SSSR count). The molecule has 0 spiro atoms. The van der Waals surface area contributed by atoms with Crippen molar-refractivity contribution < 1.29 is 22.7 Å². The van der Waals surface area contributed by atoms with E-state index in [4.69, 9.17) is 9.47 Å². The lowest BCUT2D eigenvalue weighted by Gasteiger charge is -2.32. The van der Waals surface area contributed by atoms with Crippen LogP contribution in [0, 0.1) is 5.92 Å². The number of carbonyl (C=O) groups excluding carboxylic acids is 1. The number of likely N-dealkylation sites (tertiary alicyclic amines) is 1. The van der Waals surface area contributed by atoms with Gasteiger partial charge < -0.3 is 19.3 Å². The summed E-state index contributed by atoms with van der Waals surface area (Å²) in [6.45, 7) is 6.39. The number of hydrogen-bond acceptors (Lipinski definition) is 8. The summed E-state index contributed by atoms with van der Waals surface area (Å²) >= 11 is 0. The SMILES string of the molecule is CC(C)COC(=O)N1CCC(Oc2cccc3c2CCN3c2ncc(S(C)(=O)=O)cn2)CC1. The molecule has 0 unspecified atom stereocenters. The topological polar surface area (TPSA) is 102 Å². The van der Waals surface area contributed by atoms with Gasteiger partial charge in [0.2, 0.25) is 5.95 Å². The fourth-order valence-corrected chi connectivity index (χ4v) is 4.51. The van der Waals surface area contributed by atoms with Crippen LogP contribution in [0.15, 0.2) is 35.5 Å². The van der Waals surface area contributed by atoms with Gasteiger partial charge in [0.1, 0.15) is 16.7 Å². The second kappa shape index (κ2) is 9.54. The van der Waals surface area contributed by atoms with E-state index >= 15 is 0 Å². The van der Waals surface area contributed by atoms with Gasteiger partial charge in [-0.2, -0.15) is 0 Å². The molecule has 0 radical (unpaired) electrons. The summed E-state index contributed by atoms with van der Waals surface area (Å²) < 4.78 is 35.0. The van der Waals surface area contributed by atoms with Gasteiger partial charge in [0.15, 0.2) is 9.84 Å². The first-order valence-corrected chi connectivity index (χ1v) is 13.1. The van der Waals surface area contributed by atoms with Gasteiger partial charge >= 0.3 is 6.09 Å². The molecule has 2 aliphatic rings. The minimum absolute atomic E-state index is 0.0324. The quantitative estimate of drug-likeness (QED) is 0.629. The summed E-state index contributed by atoms with van der Waals surface area (Å²) in [5.74, 6) is 1.62. The number of sulfone groups is 1. The van der Waals surface area contributed by atoms with Crippen LogP contribution in [0.5, 0.6) is 5.75 Å². The molecule has 3 heterocycles. The van der Waals surface area contributed by atoms with Crippen molar-refractivity contribution in [1.29, 1.82) is 0 Å². The highest BCUT2D eigenvalue weighted by Crippen LogP contribution is 2.39. The van der Waals surface area contributed by atoms with Gasteiger partial charge in [0.05, 0.1) is 24.7 Å². The summed E-state index contributed by atoms with van der Waals surface area (Å²) in [6.07, 6.45) is 5.89. The lowest BCUT2D eigenvalue weighted by molar-refractivity contribution is 0.0616. The lowest BCUT2D eigenvalue weighted by Crippen LogP contribution is -2.42. The molecule has 1 aromatic carbocycles. The summed E-state index contributed by atoms with van der Waals surface area (Å²) in [6, 6.07) is 5.91. The van der Waals surface area contributed by atoms with E-state index in [1.54, 1.807) is 4.90 Å². The van der Waals surface area contributed by atoms with E-state index in [9.17, 15) is 13.2 Å². The number of anilines is 2. The first kappa shape index (κ1) is 23.3. The van der Waals surface area contributed by atoms with Gasteiger partial charge in [0, 0.05) is 44.3 Å². The minimum atomic E-state index is -3.34. The third-order valence-electron chi connectivity index (χ3n) is 5.80. The normalized spacial score (nSPS) is 16.7. The van der Waals surface area contributed by atoms with E-state index in [1.165, 1.54) is 12.4 Å². The summed E-state index contributed by atoms with van der Waals surface area (Å²) in [4.78, 5) is 24.5. The van der Waals surface area contributed by atoms with Crippen molar-refractivity contribution in [2.45, 2.75) is 44.1 Å². The van der Waals surface area contributed by atoms with Gasteiger partial charge in [0.25, 0.3) is 0 Å². The molecule has 2 aliphatic heterocycles. The number of amides is 1. The van der Waals surface area contributed by atoms with E-state index in [2.05, 4.69) is 9.97 Å². The second-order valence-corrected chi connectivity index (χ2v) is 10.9. The summed E-state index contributed by atoms with van der Waals surface area (Å²) in [7, 11) is -3.34. The van der Waals surface area contributed by atoms with Gasteiger partial charge in [-0.15, -0.1) is 0 Å². The van der Waals surface area contributed by atoms with Gasteiger partial charge in [-0.3, -0.25) is 0 Å². The number of fused-ring (bicyclic) bond motifs is 1. The fraction of sp³-hybridized carbons (Fsp3) is 0.522. The van der Waals surface area contributed by atoms with E-state index in [1.807, 2.05) is 36.9 Å². The maximum absolute atomic E-state index is 12.2. The average Bonchev–Trinajstić information content (AvgIpc) is 3.23. The van der Waals surface area contributed by atoms with Crippen molar-refractivity contribution in [2.24, 2.45) is 5.92 Å². The van der Waals surface area contributed by atoms with Crippen molar-refractivity contribution in [1.82, 2.24) is 14.9 Å². The standard InChI is InChI=1S/C23H30N4O5S/c1-16(2)15-31-23(28)26-10-7-17(8-11-26)32-21-6-4-5-20-19(21)9-12-27(20)22-24-13-18(14-25-22)33(3,29)30/h4-6,13-14,16-17H,7-12,15H2,1-3H3. The molecule has 10 heteroatoms.